The number of fused-ring (bicyclic) bond motifs is 1. The van der Waals surface area contributed by atoms with Crippen LogP contribution < -0.4 is 0 Å². The van der Waals surface area contributed by atoms with Crippen LogP contribution in [0.15, 0.2) is 18.2 Å². The lowest BCUT2D eigenvalue weighted by atomic mass is 10.1. The summed E-state index contributed by atoms with van der Waals surface area (Å²) in [6.07, 6.45) is 0.429. The topological polar surface area (TPSA) is 65.6 Å². The van der Waals surface area contributed by atoms with E-state index in [2.05, 4.69) is 4.98 Å². The van der Waals surface area contributed by atoms with Crippen molar-refractivity contribution in [3.05, 3.63) is 34.5 Å². The number of aryl methyl sites for hydroxylation is 1. The molecule has 6 nitrogen and oxygen atoms in total. The van der Waals surface area contributed by atoms with Crippen LogP contribution >= 0.6 is 11.6 Å². The second-order valence-corrected chi connectivity index (χ2v) is 7.85. The molecule has 2 amide bonds. The van der Waals surface area contributed by atoms with Crippen LogP contribution in [0.3, 0.4) is 0 Å². The van der Waals surface area contributed by atoms with Crippen LogP contribution in [0.2, 0.25) is 5.02 Å². The second kappa shape index (κ2) is 8.21. The van der Waals surface area contributed by atoms with Gasteiger partial charge in [0.25, 0.3) is 5.91 Å². The predicted molar refractivity (Wildman–Crippen MR) is 106 cm³/mol. The van der Waals surface area contributed by atoms with E-state index in [1.807, 2.05) is 37.8 Å². The standard InChI is InChI=1S/C20H26ClN3O3/c1-13(2)12-27-20(26)24-8-4-7-23(9-10-24)19(25)18-14(3)22-17-6-5-15(21)11-16(17)18/h5-6,11,13,22H,4,7-10,12H2,1-3H3. The van der Waals surface area contributed by atoms with E-state index >= 15 is 0 Å². The molecule has 1 aromatic heterocycles. The van der Waals surface area contributed by atoms with Crippen LogP contribution in [0.1, 0.15) is 36.3 Å². The molecule has 2 heterocycles. The van der Waals surface area contributed by atoms with Gasteiger partial charge in [-0.2, -0.15) is 0 Å². The molecule has 27 heavy (non-hydrogen) atoms. The van der Waals surface area contributed by atoms with Crippen molar-refractivity contribution in [2.24, 2.45) is 5.92 Å². The number of nitrogens with one attached hydrogen (secondary N) is 1. The van der Waals surface area contributed by atoms with Crippen LogP contribution in [0.5, 0.6) is 0 Å². The fourth-order valence-electron chi connectivity index (χ4n) is 3.36. The third-order valence-electron chi connectivity index (χ3n) is 4.74. The Balaban J connectivity index is 1.73. The number of benzene rings is 1. The van der Waals surface area contributed by atoms with E-state index in [1.54, 1.807) is 11.0 Å². The summed E-state index contributed by atoms with van der Waals surface area (Å²) in [5.41, 5.74) is 2.38. The molecular weight excluding hydrogens is 366 g/mol. The van der Waals surface area contributed by atoms with Crippen LogP contribution in [0.4, 0.5) is 4.79 Å². The maximum Gasteiger partial charge on any atom is 0.409 e. The van der Waals surface area contributed by atoms with Crippen molar-refractivity contribution in [3.63, 3.8) is 0 Å². The molecule has 1 N–H and O–H groups in total. The summed E-state index contributed by atoms with van der Waals surface area (Å²) in [4.78, 5) is 32.1. The van der Waals surface area contributed by atoms with E-state index < -0.39 is 0 Å². The van der Waals surface area contributed by atoms with Crippen molar-refractivity contribution in [2.45, 2.75) is 27.2 Å². The van der Waals surface area contributed by atoms with Crippen molar-refractivity contribution in [1.29, 1.82) is 0 Å². The summed E-state index contributed by atoms with van der Waals surface area (Å²) < 4.78 is 5.32. The van der Waals surface area contributed by atoms with E-state index in [-0.39, 0.29) is 12.0 Å². The Labute approximate surface area is 164 Å². The molecular formula is C20H26ClN3O3. The molecule has 0 spiro atoms. The third kappa shape index (κ3) is 4.38. The second-order valence-electron chi connectivity index (χ2n) is 7.42. The Kier molecular flexibility index (Phi) is 5.95. The number of amides is 2. The number of halogens is 1. The average Bonchev–Trinajstić information content (AvgIpc) is 2.80. The smallest absolute Gasteiger partial charge is 0.409 e. The molecule has 0 aliphatic carbocycles. The molecule has 1 aliphatic rings. The van der Waals surface area contributed by atoms with Gasteiger partial charge < -0.3 is 19.5 Å². The lowest BCUT2D eigenvalue weighted by molar-refractivity contribution is 0.0747. The number of nitrogens with zero attached hydrogens (tertiary/aromatic N) is 2. The molecule has 7 heteroatoms. The highest BCUT2D eigenvalue weighted by Crippen LogP contribution is 2.27. The number of hydrogen-bond donors (Lipinski definition) is 1. The van der Waals surface area contributed by atoms with Gasteiger partial charge in [-0.1, -0.05) is 25.4 Å². The van der Waals surface area contributed by atoms with Gasteiger partial charge in [0, 0.05) is 47.8 Å². The minimum absolute atomic E-state index is 0.0292. The summed E-state index contributed by atoms with van der Waals surface area (Å²) in [6, 6.07) is 5.51. The number of hydrogen-bond acceptors (Lipinski definition) is 3. The highest BCUT2D eigenvalue weighted by molar-refractivity contribution is 6.31. The first-order valence-electron chi connectivity index (χ1n) is 9.35. The molecule has 0 unspecified atom stereocenters. The fraction of sp³-hybridized carbons (Fsp3) is 0.500. The number of aromatic amines is 1. The third-order valence-corrected chi connectivity index (χ3v) is 4.98. The van der Waals surface area contributed by atoms with E-state index in [4.69, 9.17) is 16.3 Å². The van der Waals surface area contributed by atoms with Crippen molar-refractivity contribution >= 4 is 34.5 Å². The van der Waals surface area contributed by atoms with Gasteiger partial charge >= 0.3 is 6.09 Å². The fourth-order valence-corrected chi connectivity index (χ4v) is 3.54. The summed E-state index contributed by atoms with van der Waals surface area (Å²) >= 11 is 6.13. The Morgan fingerprint density at radius 3 is 2.63 bits per heavy atom. The SMILES string of the molecule is Cc1[nH]c2ccc(Cl)cc2c1C(=O)N1CCCN(C(=O)OCC(C)C)CC1. The van der Waals surface area contributed by atoms with E-state index in [0.29, 0.717) is 49.3 Å². The number of H-pyrrole nitrogens is 1. The van der Waals surface area contributed by atoms with Crippen LogP contribution in [-0.2, 0) is 4.74 Å². The van der Waals surface area contributed by atoms with E-state index in [0.717, 1.165) is 23.0 Å². The monoisotopic (exact) mass is 391 g/mol. The zero-order valence-electron chi connectivity index (χ0n) is 16.0. The number of ether oxygens (including phenoxy) is 1. The average molecular weight is 392 g/mol. The molecule has 0 atom stereocenters. The molecule has 0 radical (unpaired) electrons. The van der Waals surface area contributed by atoms with Gasteiger partial charge in [-0.25, -0.2) is 4.79 Å². The van der Waals surface area contributed by atoms with Crippen molar-refractivity contribution in [3.8, 4) is 0 Å². The summed E-state index contributed by atoms with van der Waals surface area (Å²) in [5.74, 6) is 0.272. The predicted octanol–water partition coefficient (Wildman–Crippen LogP) is 4.07. The Hall–Kier alpha value is -2.21. The number of rotatable bonds is 3. The zero-order valence-corrected chi connectivity index (χ0v) is 16.8. The minimum atomic E-state index is -0.298. The molecule has 0 bridgehead atoms. The first-order chi connectivity index (χ1) is 12.9. The van der Waals surface area contributed by atoms with Gasteiger partial charge in [-0.15, -0.1) is 0 Å². The van der Waals surface area contributed by atoms with Crippen LogP contribution in [-0.4, -0.2) is 59.6 Å². The molecule has 2 aromatic rings. The van der Waals surface area contributed by atoms with Gasteiger partial charge in [0.05, 0.1) is 12.2 Å². The molecule has 1 aromatic carbocycles. The van der Waals surface area contributed by atoms with Crippen LogP contribution in [0, 0.1) is 12.8 Å². The summed E-state index contributed by atoms with van der Waals surface area (Å²) in [5, 5.41) is 1.44. The maximum absolute atomic E-state index is 13.2. The normalized spacial score (nSPS) is 15.3. The number of carbonyl (C=O) groups excluding carboxylic acids is 2. The van der Waals surface area contributed by atoms with Gasteiger partial charge in [0.2, 0.25) is 0 Å². The largest absolute Gasteiger partial charge is 0.449 e. The van der Waals surface area contributed by atoms with Gasteiger partial charge in [-0.05, 0) is 37.5 Å². The quantitative estimate of drug-likeness (QED) is 0.857. The van der Waals surface area contributed by atoms with E-state index in [1.165, 1.54) is 0 Å². The minimum Gasteiger partial charge on any atom is -0.449 e. The van der Waals surface area contributed by atoms with Gasteiger partial charge in [0.15, 0.2) is 0 Å². The van der Waals surface area contributed by atoms with Crippen molar-refractivity contribution in [2.75, 3.05) is 32.8 Å². The summed E-state index contributed by atoms with van der Waals surface area (Å²) in [6.45, 7) is 8.49. The Bertz CT molecular complexity index is 846. The Morgan fingerprint density at radius 1 is 1.19 bits per heavy atom. The van der Waals surface area contributed by atoms with Crippen LogP contribution in [0.25, 0.3) is 10.9 Å². The number of carbonyl (C=O) groups is 2. The molecule has 146 valence electrons. The van der Waals surface area contributed by atoms with Gasteiger partial charge in [0.1, 0.15) is 0 Å². The lowest BCUT2D eigenvalue weighted by Crippen LogP contribution is -2.38. The van der Waals surface area contributed by atoms with Gasteiger partial charge in [-0.3, -0.25) is 4.79 Å². The molecule has 1 fully saturated rings. The van der Waals surface area contributed by atoms with Crippen molar-refractivity contribution in [1.82, 2.24) is 14.8 Å². The molecule has 0 saturated carbocycles. The summed E-state index contributed by atoms with van der Waals surface area (Å²) in [7, 11) is 0. The first-order valence-corrected chi connectivity index (χ1v) is 9.73. The maximum atomic E-state index is 13.2. The lowest BCUT2D eigenvalue weighted by Gasteiger charge is -2.22. The molecule has 3 rings (SSSR count). The Morgan fingerprint density at radius 2 is 1.89 bits per heavy atom. The number of aromatic nitrogens is 1. The highest BCUT2D eigenvalue weighted by atomic mass is 35.5. The van der Waals surface area contributed by atoms with E-state index in [9.17, 15) is 9.59 Å². The van der Waals surface area contributed by atoms with Crippen molar-refractivity contribution < 1.29 is 14.3 Å². The zero-order chi connectivity index (χ0) is 19.6. The molecule has 1 aliphatic heterocycles. The highest BCUT2D eigenvalue weighted by Gasteiger charge is 2.26. The molecule has 1 saturated heterocycles. The first kappa shape index (κ1) is 19.5.